The van der Waals surface area contributed by atoms with Crippen LogP contribution in [0.3, 0.4) is 0 Å². The van der Waals surface area contributed by atoms with Gasteiger partial charge in [-0.3, -0.25) is 9.59 Å². The molecule has 6 nitrogen and oxygen atoms in total. The maximum absolute atomic E-state index is 12.2. The minimum absolute atomic E-state index is 0.145. The third kappa shape index (κ3) is 3.47. The Bertz CT molecular complexity index is 637. The van der Waals surface area contributed by atoms with Crippen molar-refractivity contribution in [3.05, 3.63) is 48.3 Å². The third-order valence-electron chi connectivity index (χ3n) is 3.14. The summed E-state index contributed by atoms with van der Waals surface area (Å²) in [5.41, 5.74) is 1.15. The second-order valence-electron chi connectivity index (χ2n) is 4.91. The van der Waals surface area contributed by atoms with Crippen LogP contribution in [0.2, 0.25) is 0 Å². The van der Waals surface area contributed by atoms with E-state index in [1.165, 1.54) is 4.90 Å². The number of aliphatic carboxylic acids is 1. The predicted octanol–water partition coefficient (Wildman–Crippen LogP) is 1.67. The molecule has 1 aromatic heterocycles. The number of para-hydroxylation sites is 1. The van der Waals surface area contributed by atoms with Crippen LogP contribution in [0.4, 0.5) is 0 Å². The van der Waals surface area contributed by atoms with Crippen LogP contribution in [-0.4, -0.2) is 45.3 Å². The fourth-order valence-electron chi connectivity index (χ4n) is 1.93. The van der Waals surface area contributed by atoms with E-state index in [0.717, 1.165) is 5.69 Å². The van der Waals surface area contributed by atoms with Crippen molar-refractivity contribution in [2.75, 3.05) is 13.6 Å². The van der Waals surface area contributed by atoms with Crippen LogP contribution in [0, 0.1) is 5.92 Å². The van der Waals surface area contributed by atoms with Gasteiger partial charge < -0.3 is 10.0 Å². The number of hydrogen-bond donors (Lipinski definition) is 1. The maximum Gasteiger partial charge on any atom is 0.308 e. The first-order valence-corrected chi connectivity index (χ1v) is 6.58. The highest BCUT2D eigenvalue weighted by atomic mass is 16.4. The highest BCUT2D eigenvalue weighted by molar-refractivity contribution is 5.92. The summed E-state index contributed by atoms with van der Waals surface area (Å²) in [7, 11) is 1.57. The first-order valence-electron chi connectivity index (χ1n) is 6.58. The Kier molecular flexibility index (Phi) is 4.37. The van der Waals surface area contributed by atoms with Gasteiger partial charge in [-0.15, -0.1) is 0 Å². The van der Waals surface area contributed by atoms with E-state index in [9.17, 15) is 9.59 Å². The van der Waals surface area contributed by atoms with Crippen LogP contribution in [0.5, 0.6) is 0 Å². The van der Waals surface area contributed by atoms with E-state index in [-0.39, 0.29) is 12.5 Å². The molecule has 0 radical (unpaired) electrons. The topological polar surface area (TPSA) is 75.4 Å². The van der Waals surface area contributed by atoms with E-state index in [0.29, 0.717) is 5.69 Å². The maximum atomic E-state index is 12.2. The van der Waals surface area contributed by atoms with Crippen LogP contribution in [0.15, 0.2) is 42.6 Å². The van der Waals surface area contributed by atoms with Crippen molar-refractivity contribution in [3.8, 4) is 5.69 Å². The molecule has 0 fully saturated rings. The van der Waals surface area contributed by atoms with E-state index in [1.807, 2.05) is 30.3 Å². The Morgan fingerprint density at radius 2 is 1.95 bits per heavy atom. The number of aromatic nitrogens is 2. The summed E-state index contributed by atoms with van der Waals surface area (Å²) in [6.45, 7) is 1.71. The number of carboxylic acids is 1. The molecule has 0 saturated heterocycles. The second kappa shape index (κ2) is 6.21. The van der Waals surface area contributed by atoms with E-state index >= 15 is 0 Å². The molecule has 1 aromatic carbocycles. The quantitative estimate of drug-likeness (QED) is 0.907. The van der Waals surface area contributed by atoms with Gasteiger partial charge in [0.05, 0.1) is 11.6 Å². The molecular formula is C15H17N3O3. The lowest BCUT2D eigenvalue weighted by atomic mass is 10.2. The first-order chi connectivity index (χ1) is 9.99. The summed E-state index contributed by atoms with van der Waals surface area (Å²) >= 11 is 0. The summed E-state index contributed by atoms with van der Waals surface area (Å²) < 4.78 is 1.61. The van der Waals surface area contributed by atoms with Gasteiger partial charge >= 0.3 is 5.97 Å². The van der Waals surface area contributed by atoms with E-state index in [1.54, 1.807) is 30.9 Å². The summed E-state index contributed by atoms with van der Waals surface area (Å²) in [5, 5.41) is 13.1. The van der Waals surface area contributed by atoms with Crippen molar-refractivity contribution >= 4 is 11.9 Å². The number of nitrogens with zero attached hydrogens (tertiary/aromatic N) is 3. The molecule has 2 aromatic rings. The zero-order chi connectivity index (χ0) is 15.4. The van der Waals surface area contributed by atoms with Gasteiger partial charge in [-0.05, 0) is 18.2 Å². The lowest BCUT2D eigenvalue weighted by Gasteiger charge is -2.18. The highest BCUT2D eigenvalue weighted by Crippen LogP contribution is 2.09. The number of hydrogen-bond acceptors (Lipinski definition) is 3. The van der Waals surface area contributed by atoms with Crippen molar-refractivity contribution in [2.24, 2.45) is 5.92 Å². The Balaban J connectivity index is 2.10. The average Bonchev–Trinajstić information content (AvgIpc) is 2.96. The van der Waals surface area contributed by atoms with Crippen molar-refractivity contribution in [1.29, 1.82) is 0 Å². The van der Waals surface area contributed by atoms with E-state index in [4.69, 9.17) is 5.11 Å². The summed E-state index contributed by atoms with van der Waals surface area (Å²) in [6, 6.07) is 11.1. The van der Waals surface area contributed by atoms with Crippen molar-refractivity contribution < 1.29 is 14.7 Å². The Morgan fingerprint density at radius 3 is 2.57 bits per heavy atom. The lowest BCUT2D eigenvalue weighted by Crippen LogP contribution is -2.34. The molecule has 21 heavy (non-hydrogen) atoms. The molecule has 0 aliphatic rings. The number of benzene rings is 1. The van der Waals surface area contributed by atoms with Crippen LogP contribution in [0.1, 0.15) is 17.4 Å². The standard InChI is InChI=1S/C15H17N3O3/c1-11(15(20)21)10-17(2)14(19)13-8-9-18(16-13)12-6-4-3-5-7-12/h3-9,11H,10H2,1-2H3,(H,20,21). The number of carbonyl (C=O) groups excluding carboxylic acids is 1. The zero-order valence-electron chi connectivity index (χ0n) is 11.9. The fourth-order valence-corrected chi connectivity index (χ4v) is 1.93. The van der Waals surface area contributed by atoms with Gasteiger partial charge in [-0.25, -0.2) is 4.68 Å². The van der Waals surface area contributed by atoms with Crippen LogP contribution >= 0.6 is 0 Å². The number of rotatable bonds is 5. The molecule has 1 amide bonds. The molecule has 0 aliphatic carbocycles. The number of amides is 1. The second-order valence-corrected chi connectivity index (χ2v) is 4.91. The number of carboxylic acid groups (broad SMARTS) is 1. The molecule has 1 heterocycles. The van der Waals surface area contributed by atoms with Crippen molar-refractivity contribution in [1.82, 2.24) is 14.7 Å². The molecule has 0 saturated carbocycles. The normalized spacial score (nSPS) is 11.9. The molecule has 6 heteroatoms. The Labute approximate surface area is 122 Å². The van der Waals surface area contributed by atoms with Gasteiger partial charge in [-0.2, -0.15) is 5.10 Å². The van der Waals surface area contributed by atoms with Gasteiger partial charge in [0.1, 0.15) is 0 Å². The first kappa shape index (κ1) is 14.8. The Morgan fingerprint density at radius 1 is 1.29 bits per heavy atom. The van der Waals surface area contributed by atoms with Gasteiger partial charge in [0.15, 0.2) is 5.69 Å². The zero-order valence-corrected chi connectivity index (χ0v) is 11.9. The molecular weight excluding hydrogens is 270 g/mol. The van der Waals surface area contributed by atoms with Gasteiger partial charge in [-0.1, -0.05) is 25.1 Å². The minimum Gasteiger partial charge on any atom is -0.481 e. The highest BCUT2D eigenvalue weighted by Gasteiger charge is 2.20. The summed E-state index contributed by atoms with van der Waals surface area (Å²) in [4.78, 5) is 24.4. The predicted molar refractivity (Wildman–Crippen MR) is 77.3 cm³/mol. The lowest BCUT2D eigenvalue weighted by molar-refractivity contribution is -0.141. The Hall–Kier alpha value is -2.63. The third-order valence-corrected chi connectivity index (χ3v) is 3.14. The monoisotopic (exact) mass is 287 g/mol. The van der Waals surface area contributed by atoms with Crippen LogP contribution < -0.4 is 0 Å². The summed E-state index contributed by atoms with van der Waals surface area (Å²) in [6.07, 6.45) is 1.71. The fraction of sp³-hybridized carbons (Fsp3) is 0.267. The molecule has 0 bridgehead atoms. The largest absolute Gasteiger partial charge is 0.481 e. The van der Waals surface area contributed by atoms with Gasteiger partial charge in [0.2, 0.25) is 0 Å². The summed E-state index contributed by atoms with van der Waals surface area (Å²) in [5.74, 6) is -1.84. The molecule has 0 aliphatic heterocycles. The van der Waals surface area contributed by atoms with Gasteiger partial charge in [0.25, 0.3) is 5.91 Å². The van der Waals surface area contributed by atoms with Crippen molar-refractivity contribution in [2.45, 2.75) is 6.92 Å². The van der Waals surface area contributed by atoms with E-state index < -0.39 is 11.9 Å². The smallest absolute Gasteiger partial charge is 0.308 e. The average molecular weight is 287 g/mol. The SMILES string of the molecule is CC(CN(C)C(=O)c1ccn(-c2ccccc2)n1)C(=O)O. The molecule has 1 atom stereocenters. The van der Waals surface area contributed by atoms with Crippen molar-refractivity contribution in [3.63, 3.8) is 0 Å². The molecule has 1 unspecified atom stereocenters. The van der Waals surface area contributed by atoms with Crippen LogP contribution in [0.25, 0.3) is 5.69 Å². The van der Waals surface area contributed by atoms with E-state index in [2.05, 4.69) is 5.10 Å². The molecule has 0 spiro atoms. The molecule has 110 valence electrons. The van der Waals surface area contributed by atoms with Gasteiger partial charge in [0, 0.05) is 19.8 Å². The minimum atomic E-state index is -0.926. The van der Waals surface area contributed by atoms with Crippen LogP contribution in [-0.2, 0) is 4.79 Å². The number of carbonyl (C=O) groups is 2. The molecule has 1 N–H and O–H groups in total. The molecule has 2 rings (SSSR count).